The molecular weight excluding hydrogens is 259 g/mol. The maximum Gasteiger partial charge on any atom is 0.520 e. The number of aromatic carboxylic acids is 1. The maximum atomic E-state index is 10.5. The normalized spacial score (nSPS) is 9.55. The standard InChI is InChI=1S/C7H5IO3/c9-7(10)5-3-1-2-4-6(5)8-11/h1-4,11H/p+1. The smallest absolute Gasteiger partial charge is 0.478 e. The quantitative estimate of drug-likeness (QED) is 0.584. The lowest BCUT2D eigenvalue weighted by molar-refractivity contribution is -0.866. The van der Waals surface area contributed by atoms with Gasteiger partial charge >= 0.3 is 27.6 Å². The van der Waals surface area contributed by atoms with Crippen LogP contribution in [0.25, 0.3) is 0 Å². The van der Waals surface area contributed by atoms with Gasteiger partial charge in [0, 0.05) is 0 Å². The topological polar surface area (TPSA) is 57.5 Å². The first-order valence-corrected chi connectivity index (χ1v) is 4.91. The first-order chi connectivity index (χ1) is 5.25. The Morgan fingerprint density at radius 1 is 1.36 bits per heavy atom. The van der Waals surface area contributed by atoms with Crippen molar-refractivity contribution in [1.82, 2.24) is 0 Å². The molecule has 58 valence electrons. The van der Waals surface area contributed by atoms with Gasteiger partial charge in [0.25, 0.3) is 0 Å². The molecule has 1 aromatic carbocycles. The molecule has 0 saturated heterocycles. The molecule has 0 amide bonds. The first-order valence-electron chi connectivity index (χ1n) is 2.86. The predicted molar refractivity (Wildman–Crippen MR) is 34.3 cm³/mol. The Morgan fingerprint density at radius 3 is 2.45 bits per heavy atom. The predicted octanol–water partition coefficient (Wildman–Crippen LogP) is -2.45. The van der Waals surface area contributed by atoms with E-state index in [2.05, 4.69) is 0 Å². The maximum absolute atomic E-state index is 10.5. The van der Waals surface area contributed by atoms with Crippen LogP contribution >= 0.6 is 0 Å². The third-order valence-electron chi connectivity index (χ3n) is 1.20. The van der Waals surface area contributed by atoms with Gasteiger partial charge in [-0.25, -0.2) is 4.79 Å². The molecule has 0 aliphatic heterocycles. The van der Waals surface area contributed by atoms with Gasteiger partial charge in [-0.15, -0.1) is 0 Å². The molecule has 0 aliphatic rings. The molecule has 3 nitrogen and oxygen atoms in total. The number of carbonyl (C=O) groups is 1. The van der Waals surface area contributed by atoms with Crippen LogP contribution in [-0.2, 0) is 0 Å². The van der Waals surface area contributed by atoms with Crippen molar-refractivity contribution in [2.24, 2.45) is 0 Å². The fraction of sp³-hybridized carbons (Fsp3) is 0. The van der Waals surface area contributed by atoms with Crippen molar-refractivity contribution in [2.75, 3.05) is 0 Å². The zero-order valence-electron chi connectivity index (χ0n) is 5.49. The summed E-state index contributed by atoms with van der Waals surface area (Å²) in [6.07, 6.45) is 0. The first kappa shape index (κ1) is 8.48. The molecule has 0 atom stereocenters. The van der Waals surface area contributed by atoms with E-state index in [0.29, 0.717) is 3.57 Å². The van der Waals surface area contributed by atoms with E-state index in [4.69, 9.17) is 8.54 Å². The minimum atomic E-state index is -1.13. The molecule has 0 aromatic heterocycles. The molecule has 2 N–H and O–H groups in total. The molecule has 0 unspecified atom stereocenters. The molecule has 0 radical (unpaired) electrons. The summed E-state index contributed by atoms with van der Waals surface area (Å²) in [6.45, 7) is 0. The number of hydrogen-bond acceptors (Lipinski definition) is 2. The van der Waals surface area contributed by atoms with Gasteiger partial charge in [-0.05, 0) is 12.1 Å². The van der Waals surface area contributed by atoms with E-state index in [1.165, 1.54) is 6.07 Å². The summed E-state index contributed by atoms with van der Waals surface area (Å²) in [6, 6.07) is 6.49. The Hall–Kier alpha value is -0.620. The summed E-state index contributed by atoms with van der Waals surface area (Å²) < 4.78 is 9.37. The van der Waals surface area contributed by atoms with E-state index in [0.717, 1.165) is 0 Å². The molecule has 0 saturated carbocycles. The second-order valence-corrected chi connectivity index (χ2v) is 3.51. The van der Waals surface area contributed by atoms with Crippen molar-refractivity contribution in [3.63, 3.8) is 0 Å². The Kier molecular flexibility index (Phi) is 2.84. The SMILES string of the molecule is O=C(O)c1ccccc1[I+]O. The molecule has 0 heterocycles. The number of hydrogen-bond donors (Lipinski definition) is 2. The lowest BCUT2D eigenvalue weighted by Gasteiger charge is -1.89. The Morgan fingerprint density at radius 2 is 2.00 bits per heavy atom. The van der Waals surface area contributed by atoms with Gasteiger partial charge in [-0.1, -0.05) is 12.1 Å². The summed E-state index contributed by atoms with van der Waals surface area (Å²) in [4.78, 5) is 10.5. The van der Waals surface area contributed by atoms with E-state index in [1.807, 2.05) is 0 Å². The van der Waals surface area contributed by atoms with Crippen LogP contribution in [-0.4, -0.2) is 14.5 Å². The van der Waals surface area contributed by atoms with Crippen molar-refractivity contribution in [1.29, 1.82) is 0 Å². The van der Waals surface area contributed by atoms with Crippen LogP contribution in [0.3, 0.4) is 0 Å². The Bertz CT molecular complexity index is 272. The second kappa shape index (κ2) is 3.68. The van der Waals surface area contributed by atoms with Crippen molar-refractivity contribution in [3.05, 3.63) is 33.4 Å². The summed E-state index contributed by atoms with van der Waals surface area (Å²) >= 11 is -1.13. The van der Waals surface area contributed by atoms with Gasteiger partial charge in [-0.3, -0.25) is 0 Å². The minimum absolute atomic E-state index is 0.211. The molecule has 0 bridgehead atoms. The van der Waals surface area contributed by atoms with Crippen molar-refractivity contribution in [2.45, 2.75) is 0 Å². The molecular formula is C7H6IO3+. The van der Waals surface area contributed by atoms with Crippen LogP contribution in [0, 0.1) is 3.57 Å². The van der Waals surface area contributed by atoms with E-state index >= 15 is 0 Å². The Labute approximate surface area is 74.5 Å². The van der Waals surface area contributed by atoms with Crippen LogP contribution in [0.5, 0.6) is 0 Å². The van der Waals surface area contributed by atoms with Gasteiger partial charge < -0.3 is 5.11 Å². The molecule has 0 aliphatic carbocycles. The highest BCUT2D eigenvalue weighted by atomic mass is 127. The van der Waals surface area contributed by atoms with E-state index in [-0.39, 0.29) is 5.56 Å². The van der Waals surface area contributed by atoms with Crippen LogP contribution < -0.4 is 21.6 Å². The van der Waals surface area contributed by atoms with Crippen molar-refractivity contribution >= 4 is 5.97 Å². The van der Waals surface area contributed by atoms with E-state index < -0.39 is 27.6 Å². The molecule has 11 heavy (non-hydrogen) atoms. The van der Waals surface area contributed by atoms with Crippen LogP contribution in [0.4, 0.5) is 0 Å². The summed E-state index contributed by atoms with van der Waals surface area (Å²) in [5.74, 6) is -0.977. The number of rotatable bonds is 2. The average Bonchev–Trinajstić information content (AvgIpc) is 2.04. The second-order valence-electron chi connectivity index (χ2n) is 1.87. The third-order valence-corrected chi connectivity index (χ3v) is 2.66. The highest BCUT2D eigenvalue weighted by molar-refractivity contribution is 5.87. The van der Waals surface area contributed by atoms with Gasteiger partial charge in [0.2, 0.25) is 3.57 Å². The number of carboxylic acid groups (broad SMARTS) is 1. The highest BCUT2D eigenvalue weighted by Crippen LogP contribution is 1.97. The van der Waals surface area contributed by atoms with Crippen molar-refractivity contribution in [3.8, 4) is 0 Å². The minimum Gasteiger partial charge on any atom is -0.478 e. The zero-order valence-corrected chi connectivity index (χ0v) is 7.65. The monoisotopic (exact) mass is 265 g/mol. The number of carboxylic acids is 1. The Balaban J connectivity index is 3.12. The lowest BCUT2D eigenvalue weighted by atomic mass is 10.2. The summed E-state index contributed by atoms with van der Waals surface area (Å²) in [7, 11) is 0. The van der Waals surface area contributed by atoms with Gasteiger partial charge in [0.15, 0.2) is 0 Å². The molecule has 1 aromatic rings. The summed E-state index contributed by atoms with van der Waals surface area (Å²) in [5.41, 5.74) is 0.211. The summed E-state index contributed by atoms with van der Waals surface area (Å²) in [5, 5.41) is 8.60. The zero-order chi connectivity index (χ0) is 8.27. The molecule has 1 rings (SSSR count). The highest BCUT2D eigenvalue weighted by Gasteiger charge is 2.19. The van der Waals surface area contributed by atoms with E-state index in [1.54, 1.807) is 18.2 Å². The van der Waals surface area contributed by atoms with Crippen LogP contribution in [0.1, 0.15) is 10.4 Å². The number of benzene rings is 1. The van der Waals surface area contributed by atoms with Gasteiger partial charge in [0.1, 0.15) is 5.56 Å². The largest absolute Gasteiger partial charge is 0.520 e. The number of halogens is 1. The van der Waals surface area contributed by atoms with Crippen LogP contribution in [0.2, 0.25) is 0 Å². The average molecular weight is 265 g/mol. The van der Waals surface area contributed by atoms with Crippen LogP contribution in [0.15, 0.2) is 24.3 Å². The molecule has 0 spiro atoms. The third kappa shape index (κ3) is 1.90. The fourth-order valence-electron chi connectivity index (χ4n) is 0.708. The van der Waals surface area contributed by atoms with Crippen molar-refractivity contribution < 1.29 is 35.0 Å². The molecule has 0 fully saturated rings. The van der Waals surface area contributed by atoms with Gasteiger partial charge in [-0.2, -0.15) is 3.44 Å². The molecule has 4 heteroatoms. The lowest BCUT2D eigenvalue weighted by Crippen LogP contribution is -3.61. The van der Waals surface area contributed by atoms with E-state index in [9.17, 15) is 4.79 Å². The van der Waals surface area contributed by atoms with Gasteiger partial charge in [0.05, 0.1) is 0 Å². The fourth-order valence-corrected chi connectivity index (χ4v) is 1.75.